The molecule has 0 aromatic heterocycles. The Bertz CT molecular complexity index is 3440. The van der Waals surface area contributed by atoms with E-state index >= 15 is 0 Å². The molecule has 0 atom stereocenters. The number of hydrogen-bond donors (Lipinski definition) is 0. The topological polar surface area (TPSA) is 3.24 Å². The van der Waals surface area contributed by atoms with Gasteiger partial charge in [-0.15, -0.1) is 0 Å². The van der Waals surface area contributed by atoms with Gasteiger partial charge < -0.3 is 4.90 Å². The van der Waals surface area contributed by atoms with Crippen molar-refractivity contribution in [2.45, 2.75) is 24.7 Å². The molecule has 0 amide bonds. The van der Waals surface area contributed by atoms with Crippen LogP contribution in [0.25, 0.3) is 66.4 Å². The Morgan fingerprint density at radius 3 is 1.38 bits per heavy atom. The van der Waals surface area contributed by atoms with Crippen LogP contribution in [0.3, 0.4) is 0 Å². The van der Waals surface area contributed by atoms with E-state index in [1.807, 2.05) is 0 Å². The van der Waals surface area contributed by atoms with Crippen LogP contribution in [0.5, 0.6) is 0 Å². The normalized spacial score (nSPS) is 14.1. The molecule has 3 aliphatic rings. The van der Waals surface area contributed by atoms with Gasteiger partial charge >= 0.3 is 0 Å². The minimum Gasteiger partial charge on any atom is -0.309 e. The van der Waals surface area contributed by atoms with Crippen LogP contribution in [-0.4, -0.2) is 0 Å². The van der Waals surface area contributed by atoms with E-state index in [9.17, 15) is 0 Å². The lowest BCUT2D eigenvalue weighted by Gasteiger charge is -2.33. The van der Waals surface area contributed by atoms with Gasteiger partial charge in [0.25, 0.3) is 0 Å². The molecule has 0 heterocycles. The van der Waals surface area contributed by atoms with E-state index < -0.39 is 5.41 Å². The molecule has 3 aliphatic carbocycles. The van der Waals surface area contributed by atoms with Crippen molar-refractivity contribution >= 4 is 27.8 Å². The van der Waals surface area contributed by atoms with Crippen molar-refractivity contribution in [2.75, 3.05) is 4.90 Å². The molecule has 0 fully saturated rings. The summed E-state index contributed by atoms with van der Waals surface area (Å²) in [5.74, 6) is 0. The van der Waals surface area contributed by atoms with Crippen molar-refractivity contribution in [1.82, 2.24) is 0 Å². The summed E-state index contributed by atoms with van der Waals surface area (Å²) in [5.41, 5.74) is 23.6. The SMILES string of the molecule is CC1(C)c2ccccc2-c2c(-c3ccccc3N(c3ccc4c(c3)C3(c5ccccc5-c5ccccc53)c3ccccc3-4)c3ccccc3-c3cccc4ccccc34)cccc21. The number of nitrogens with zero attached hydrogens (tertiary/aromatic N) is 1. The van der Waals surface area contributed by atoms with E-state index in [1.165, 1.54) is 99.8 Å². The first kappa shape index (κ1) is 36.0. The third-order valence-electron chi connectivity index (χ3n) is 14.5. The maximum Gasteiger partial charge on any atom is 0.0726 e. The summed E-state index contributed by atoms with van der Waals surface area (Å²) >= 11 is 0. The molecule has 13 rings (SSSR count). The number of para-hydroxylation sites is 2. The van der Waals surface area contributed by atoms with Crippen molar-refractivity contribution in [3.63, 3.8) is 0 Å². The lowest BCUT2D eigenvalue weighted by atomic mass is 9.70. The highest BCUT2D eigenvalue weighted by atomic mass is 15.1. The Morgan fingerprint density at radius 2 is 0.730 bits per heavy atom. The molecule has 10 aromatic rings. The molecule has 0 saturated carbocycles. The van der Waals surface area contributed by atoms with Crippen molar-refractivity contribution in [3.8, 4) is 55.6 Å². The third kappa shape index (κ3) is 4.88. The summed E-state index contributed by atoms with van der Waals surface area (Å²) in [6, 6.07) is 84.1. The van der Waals surface area contributed by atoms with Crippen LogP contribution in [0.4, 0.5) is 17.1 Å². The second kappa shape index (κ2) is 13.4. The van der Waals surface area contributed by atoms with Gasteiger partial charge in [0.05, 0.1) is 16.8 Å². The summed E-state index contributed by atoms with van der Waals surface area (Å²) < 4.78 is 0. The van der Waals surface area contributed by atoms with Crippen LogP contribution in [-0.2, 0) is 10.8 Å². The fourth-order valence-electron chi connectivity index (χ4n) is 11.9. The minimum absolute atomic E-state index is 0.116. The highest BCUT2D eigenvalue weighted by Gasteiger charge is 2.51. The smallest absolute Gasteiger partial charge is 0.0726 e. The van der Waals surface area contributed by atoms with Crippen LogP contribution in [0.15, 0.2) is 224 Å². The molecular formula is C62H43N. The van der Waals surface area contributed by atoms with Crippen molar-refractivity contribution in [2.24, 2.45) is 0 Å². The quantitative estimate of drug-likeness (QED) is 0.168. The Morgan fingerprint density at radius 1 is 0.302 bits per heavy atom. The Hall–Kier alpha value is -7.74. The molecule has 0 bridgehead atoms. The van der Waals surface area contributed by atoms with Gasteiger partial charge in [-0.1, -0.05) is 214 Å². The fourth-order valence-corrected chi connectivity index (χ4v) is 11.9. The Kier molecular flexibility index (Phi) is 7.64. The van der Waals surface area contributed by atoms with Gasteiger partial charge in [-0.2, -0.15) is 0 Å². The zero-order chi connectivity index (χ0) is 41.9. The molecule has 0 aliphatic heterocycles. The van der Waals surface area contributed by atoms with E-state index in [0.717, 1.165) is 17.1 Å². The molecule has 296 valence electrons. The molecular weight excluding hydrogens is 759 g/mol. The van der Waals surface area contributed by atoms with Gasteiger partial charge in [-0.25, -0.2) is 0 Å². The van der Waals surface area contributed by atoms with Crippen LogP contribution in [0.2, 0.25) is 0 Å². The number of hydrogen-bond acceptors (Lipinski definition) is 1. The van der Waals surface area contributed by atoms with E-state index in [2.05, 4.69) is 243 Å². The van der Waals surface area contributed by atoms with Crippen LogP contribution in [0.1, 0.15) is 47.2 Å². The molecule has 63 heavy (non-hydrogen) atoms. The number of fused-ring (bicyclic) bond motifs is 14. The fraction of sp³-hybridized carbons (Fsp3) is 0.0645. The van der Waals surface area contributed by atoms with Gasteiger partial charge in [-0.05, 0) is 113 Å². The maximum atomic E-state index is 2.56. The Labute approximate surface area is 369 Å². The zero-order valence-electron chi connectivity index (χ0n) is 35.3. The first-order valence-corrected chi connectivity index (χ1v) is 22.2. The maximum absolute atomic E-state index is 2.56. The predicted octanol–water partition coefficient (Wildman–Crippen LogP) is 16.3. The van der Waals surface area contributed by atoms with E-state index in [0.29, 0.717) is 0 Å². The second-order valence-corrected chi connectivity index (χ2v) is 17.9. The molecule has 0 radical (unpaired) electrons. The highest BCUT2D eigenvalue weighted by molar-refractivity contribution is 6.05. The average Bonchev–Trinajstić information content (AvgIpc) is 3.90. The van der Waals surface area contributed by atoms with Crippen LogP contribution < -0.4 is 4.90 Å². The average molecular weight is 802 g/mol. The van der Waals surface area contributed by atoms with Gasteiger partial charge in [0, 0.05) is 22.2 Å². The van der Waals surface area contributed by atoms with E-state index in [-0.39, 0.29) is 5.41 Å². The monoisotopic (exact) mass is 801 g/mol. The van der Waals surface area contributed by atoms with Crippen molar-refractivity contribution in [1.29, 1.82) is 0 Å². The summed E-state index contributed by atoms with van der Waals surface area (Å²) in [7, 11) is 0. The summed E-state index contributed by atoms with van der Waals surface area (Å²) in [6.07, 6.45) is 0. The number of anilines is 3. The van der Waals surface area contributed by atoms with Crippen LogP contribution >= 0.6 is 0 Å². The Balaban J connectivity index is 1.12. The van der Waals surface area contributed by atoms with Gasteiger partial charge in [0.2, 0.25) is 0 Å². The standard InChI is InChI=1S/C62H43N/c1-61(2)52-30-11-8-27-51(52)60-50(29-18-34-56(60)61)49-26-10-16-36-59(49)63(58-35-15-9-25-48(58)43-28-17-20-40-19-3-4-21-42(40)43)41-37-38-47-46-24-7-14-33-55(46)62(57(47)39-41)53-31-12-5-22-44(53)45-23-6-13-32-54(45)62/h3-39H,1-2H3. The molecule has 1 spiro atoms. The molecule has 1 nitrogen and oxygen atoms in total. The van der Waals surface area contributed by atoms with E-state index in [4.69, 9.17) is 0 Å². The van der Waals surface area contributed by atoms with Crippen molar-refractivity contribution in [3.05, 3.63) is 258 Å². The first-order valence-electron chi connectivity index (χ1n) is 22.2. The van der Waals surface area contributed by atoms with Gasteiger partial charge in [0.1, 0.15) is 0 Å². The molecule has 0 unspecified atom stereocenters. The van der Waals surface area contributed by atoms with Crippen LogP contribution in [0, 0.1) is 0 Å². The summed E-state index contributed by atoms with van der Waals surface area (Å²) in [4.78, 5) is 2.56. The first-order chi connectivity index (χ1) is 31.0. The van der Waals surface area contributed by atoms with E-state index in [1.54, 1.807) is 0 Å². The summed E-state index contributed by atoms with van der Waals surface area (Å²) in [5, 5.41) is 2.47. The third-order valence-corrected chi connectivity index (χ3v) is 14.5. The van der Waals surface area contributed by atoms with Gasteiger partial charge in [-0.3, -0.25) is 0 Å². The highest BCUT2D eigenvalue weighted by Crippen LogP contribution is 2.64. The number of rotatable bonds is 5. The lowest BCUT2D eigenvalue weighted by Crippen LogP contribution is -2.26. The number of benzene rings is 10. The summed E-state index contributed by atoms with van der Waals surface area (Å²) in [6.45, 7) is 4.75. The minimum atomic E-state index is -0.467. The predicted molar refractivity (Wildman–Crippen MR) is 263 cm³/mol. The molecule has 0 N–H and O–H groups in total. The van der Waals surface area contributed by atoms with Gasteiger partial charge in [0.15, 0.2) is 0 Å². The lowest BCUT2D eigenvalue weighted by molar-refractivity contribution is 0.660. The molecule has 10 aromatic carbocycles. The largest absolute Gasteiger partial charge is 0.309 e. The molecule has 1 heteroatoms. The zero-order valence-corrected chi connectivity index (χ0v) is 35.3. The second-order valence-electron chi connectivity index (χ2n) is 17.9. The molecule has 0 saturated heterocycles. The van der Waals surface area contributed by atoms with Crippen molar-refractivity contribution < 1.29 is 0 Å².